The van der Waals surface area contributed by atoms with Crippen molar-refractivity contribution in [1.29, 1.82) is 0 Å². The van der Waals surface area contributed by atoms with Gasteiger partial charge in [0, 0.05) is 12.6 Å². The average Bonchev–Trinajstić information content (AvgIpc) is 2.34. The number of carbonyl (C=O) groups is 3. The summed E-state index contributed by atoms with van der Waals surface area (Å²) in [4.78, 5) is 32.7. The van der Waals surface area contributed by atoms with E-state index in [-0.39, 0.29) is 18.3 Å². The lowest BCUT2D eigenvalue weighted by Gasteiger charge is -2.07. The molecule has 0 unspecified atom stereocenters. The molecule has 4 N–H and O–H groups in total. The van der Waals surface area contributed by atoms with Crippen LogP contribution in [0.5, 0.6) is 0 Å². The first-order valence-electron chi connectivity index (χ1n) is 5.24. The predicted molar refractivity (Wildman–Crippen MR) is 70.1 cm³/mol. The average molecular weight is 289 g/mol. The van der Waals surface area contributed by atoms with Gasteiger partial charge in [-0.1, -0.05) is 6.58 Å². The number of nitrogens with one attached hydrogen (secondary N) is 2. The summed E-state index contributed by atoms with van der Waals surface area (Å²) in [6.07, 6.45) is 0.684. The van der Waals surface area contributed by atoms with E-state index < -0.39 is 24.6 Å². The Labute approximate surface area is 115 Å². The number of hydrogen-bond donors (Lipinski definition) is 3. The van der Waals surface area contributed by atoms with E-state index in [2.05, 4.69) is 38.9 Å². The fourth-order valence-corrected chi connectivity index (χ4v) is 0.964. The van der Waals surface area contributed by atoms with Crippen molar-refractivity contribution in [2.24, 2.45) is 5.73 Å². The molecule has 0 radical (unpaired) electrons. The van der Waals surface area contributed by atoms with Crippen LogP contribution in [-0.4, -0.2) is 42.8 Å². The highest BCUT2D eigenvalue weighted by molar-refractivity contribution is 7.80. The van der Waals surface area contributed by atoms with E-state index in [1.54, 1.807) is 0 Å². The third kappa shape index (κ3) is 10.7. The Balaban J connectivity index is 3.54. The van der Waals surface area contributed by atoms with Crippen LogP contribution < -0.4 is 16.4 Å². The summed E-state index contributed by atoms with van der Waals surface area (Å²) in [6, 6.07) is 0. The molecule has 0 spiro atoms. The van der Waals surface area contributed by atoms with Crippen LogP contribution in [0.15, 0.2) is 12.7 Å². The molecule has 0 saturated carbocycles. The van der Waals surface area contributed by atoms with Crippen LogP contribution in [0, 0.1) is 0 Å². The van der Waals surface area contributed by atoms with Crippen molar-refractivity contribution in [2.45, 2.75) is 6.42 Å². The molecule has 106 valence electrons. The highest BCUT2D eigenvalue weighted by Gasteiger charge is 2.07. The molecule has 0 heterocycles. The van der Waals surface area contributed by atoms with Gasteiger partial charge in [0.05, 0.1) is 6.61 Å². The number of thiocarbonyl (C=S) groups is 1. The van der Waals surface area contributed by atoms with E-state index >= 15 is 0 Å². The maximum Gasteiger partial charge on any atom is 0.407 e. The second-order valence-electron chi connectivity index (χ2n) is 3.14. The SMILES string of the molecule is C=CC(=O)OCCCNC(=O)OCC(=O)NC(N)=S. The van der Waals surface area contributed by atoms with Crippen molar-refractivity contribution < 1.29 is 23.9 Å². The molecule has 0 fully saturated rings. The second kappa shape index (κ2) is 9.83. The normalized spacial score (nSPS) is 9.05. The number of amides is 2. The molecule has 9 heteroatoms. The molecule has 0 bridgehead atoms. The van der Waals surface area contributed by atoms with E-state index in [0.29, 0.717) is 6.42 Å². The summed E-state index contributed by atoms with van der Waals surface area (Å²) >= 11 is 4.42. The van der Waals surface area contributed by atoms with E-state index in [9.17, 15) is 14.4 Å². The quantitative estimate of drug-likeness (QED) is 0.243. The van der Waals surface area contributed by atoms with Gasteiger partial charge in [0.1, 0.15) is 0 Å². The van der Waals surface area contributed by atoms with Crippen molar-refractivity contribution in [3.05, 3.63) is 12.7 Å². The van der Waals surface area contributed by atoms with Gasteiger partial charge in [0.25, 0.3) is 5.91 Å². The molecule has 0 atom stereocenters. The van der Waals surface area contributed by atoms with Crippen LogP contribution in [0.3, 0.4) is 0 Å². The number of alkyl carbamates (subject to hydrolysis) is 1. The molecule has 0 aromatic heterocycles. The third-order valence-electron chi connectivity index (χ3n) is 1.60. The molecule has 0 aliphatic rings. The van der Waals surface area contributed by atoms with Crippen molar-refractivity contribution >= 4 is 35.3 Å². The predicted octanol–water partition coefficient (Wildman–Crippen LogP) is -0.808. The van der Waals surface area contributed by atoms with Crippen molar-refractivity contribution in [3.8, 4) is 0 Å². The number of hydrogen-bond acceptors (Lipinski definition) is 6. The Kier molecular flexibility index (Phi) is 8.71. The van der Waals surface area contributed by atoms with Gasteiger partial charge in [0.2, 0.25) is 0 Å². The van der Waals surface area contributed by atoms with E-state index in [1.807, 2.05) is 0 Å². The number of ether oxygens (including phenoxy) is 2. The Bertz CT molecular complexity index is 372. The van der Waals surface area contributed by atoms with Gasteiger partial charge in [-0.25, -0.2) is 9.59 Å². The molecular formula is C10H15N3O5S. The zero-order chi connectivity index (χ0) is 14.7. The number of esters is 1. The number of carbonyl (C=O) groups excluding carboxylic acids is 3. The molecule has 0 aromatic rings. The Hall–Kier alpha value is -2.16. The summed E-state index contributed by atoms with van der Waals surface area (Å²) in [5, 5.41) is 4.26. The van der Waals surface area contributed by atoms with Gasteiger partial charge < -0.3 is 25.8 Å². The van der Waals surface area contributed by atoms with E-state index in [0.717, 1.165) is 6.08 Å². The molecule has 0 aliphatic carbocycles. The fraction of sp³-hybridized carbons (Fsp3) is 0.400. The first-order valence-corrected chi connectivity index (χ1v) is 5.65. The number of rotatable bonds is 7. The summed E-state index contributed by atoms with van der Waals surface area (Å²) in [5.41, 5.74) is 5.04. The van der Waals surface area contributed by atoms with E-state index in [1.165, 1.54) is 0 Å². The lowest BCUT2D eigenvalue weighted by molar-refractivity contribution is -0.137. The van der Waals surface area contributed by atoms with Crippen LogP contribution in [0.4, 0.5) is 4.79 Å². The highest BCUT2D eigenvalue weighted by atomic mass is 32.1. The maximum absolute atomic E-state index is 11.1. The van der Waals surface area contributed by atoms with Gasteiger partial charge in [-0.2, -0.15) is 0 Å². The fourth-order valence-electron chi connectivity index (χ4n) is 0.850. The second-order valence-corrected chi connectivity index (χ2v) is 3.58. The molecule has 8 nitrogen and oxygen atoms in total. The summed E-state index contributed by atoms with van der Waals surface area (Å²) in [5.74, 6) is -1.15. The van der Waals surface area contributed by atoms with Gasteiger partial charge >= 0.3 is 12.1 Å². The van der Waals surface area contributed by atoms with Crippen LogP contribution in [0.2, 0.25) is 0 Å². The minimum absolute atomic E-state index is 0.146. The first kappa shape index (κ1) is 16.8. The van der Waals surface area contributed by atoms with Gasteiger partial charge in [0.15, 0.2) is 11.7 Å². The lowest BCUT2D eigenvalue weighted by Crippen LogP contribution is -2.38. The van der Waals surface area contributed by atoms with Gasteiger partial charge in [-0.15, -0.1) is 0 Å². The highest BCUT2D eigenvalue weighted by Crippen LogP contribution is 1.85. The third-order valence-corrected chi connectivity index (χ3v) is 1.70. The van der Waals surface area contributed by atoms with Crippen LogP contribution in [0.1, 0.15) is 6.42 Å². The summed E-state index contributed by atoms with van der Waals surface area (Å²) in [7, 11) is 0. The molecular weight excluding hydrogens is 274 g/mol. The largest absolute Gasteiger partial charge is 0.462 e. The smallest absolute Gasteiger partial charge is 0.407 e. The monoisotopic (exact) mass is 289 g/mol. The lowest BCUT2D eigenvalue weighted by atomic mass is 10.4. The zero-order valence-corrected chi connectivity index (χ0v) is 11.0. The molecule has 2 amide bonds. The standard InChI is InChI=1S/C10H15N3O5S/c1-2-8(15)17-5-3-4-12-10(16)18-6-7(14)13-9(11)19/h2H,1,3-6H2,(H,12,16)(H3,11,13,14,19). The van der Waals surface area contributed by atoms with E-state index in [4.69, 9.17) is 5.73 Å². The maximum atomic E-state index is 11.1. The minimum Gasteiger partial charge on any atom is -0.462 e. The van der Waals surface area contributed by atoms with Crippen molar-refractivity contribution in [2.75, 3.05) is 19.8 Å². The Morgan fingerprint density at radius 2 is 2.00 bits per heavy atom. The number of nitrogens with two attached hydrogens (primary N) is 1. The summed E-state index contributed by atoms with van der Waals surface area (Å²) < 4.78 is 9.23. The van der Waals surface area contributed by atoms with Crippen LogP contribution in [0.25, 0.3) is 0 Å². The zero-order valence-electron chi connectivity index (χ0n) is 10.1. The van der Waals surface area contributed by atoms with Gasteiger partial charge in [-0.3, -0.25) is 4.79 Å². The van der Waals surface area contributed by atoms with Crippen molar-refractivity contribution in [1.82, 2.24) is 10.6 Å². The topological polar surface area (TPSA) is 120 Å². The molecule has 0 saturated heterocycles. The minimum atomic E-state index is -0.770. The molecule has 0 aliphatic heterocycles. The Morgan fingerprint density at radius 1 is 1.32 bits per heavy atom. The van der Waals surface area contributed by atoms with Crippen molar-refractivity contribution in [3.63, 3.8) is 0 Å². The van der Waals surface area contributed by atoms with Crippen LogP contribution >= 0.6 is 12.2 Å². The van der Waals surface area contributed by atoms with Gasteiger partial charge in [-0.05, 0) is 18.6 Å². The van der Waals surface area contributed by atoms with Crippen LogP contribution in [-0.2, 0) is 19.1 Å². The molecule has 0 aromatic carbocycles. The Morgan fingerprint density at radius 3 is 2.58 bits per heavy atom. The molecule has 19 heavy (non-hydrogen) atoms. The molecule has 0 rings (SSSR count). The first-order chi connectivity index (χ1) is 8.95. The summed E-state index contributed by atoms with van der Waals surface area (Å²) in [6.45, 7) is 3.12.